The fourth-order valence-corrected chi connectivity index (χ4v) is 4.36. The van der Waals surface area contributed by atoms with Gasteiger partial charge in [0, 0.05) is 37.6 Å². The Hall–Kier alpha value is -3.06. The quantitative estimate of drug-likeness (QED) is 0.583. The first-order valence-corrected chi connectivity index (χ1v) is 11.9. The van der Waals surface area contributed by atoms with Gasteiger partial charge in [-0.3, -0.25) is 14.7 Å². The average Bonchev–Trinajstić information content (AvgIpc) is 2.86. The van der Waals surface area contributed by atoms with Crippen LogP contribution in [-0.2, 0) is 9.53 Å². The van der Waals surface area contributed by atoms with Crippen LogP contribution in [-0.4, -0.2) is 42.0 Å². The van der Waals surface area contributed by atoms with E-state index in [9.17, 15) is 13.6 Å². The molecule has 1 aliphatic carbocycles. The molecule has 1 atom stereocenters. The third-order valence-electron chi connectivity index (χ3n) is 6.44. The third kappa shape index (κ3) is 6.29. The Morgan fingerprint density at radius 1 is 1.15 bits per heavy atom. The Morgan fingerprint density at radius 3 is 2.62 bits per heavy atom. The Kier molecular flexibility index (Phi) is 8.06. The molecule has 4 rings (SSSR count). The summed E-state index contributed by atoms with van der Waals surface area (Å²) >= 11 is 0. The van der Waals surface area contributed by atoms with Crippen molar-refractivity contribution >= 4 is 5.91 Å². The van der Waals surface area contributed by atoms with Gasteiger partial charge in [0.05, 0.1) is 11.7 Å². The standard InChI is InChI=1S/C27H31F2N3O2/c1-19-5-7-20(8-6-19)26(24-4-2-3-13-30-24)31-27(33)21-11-14-32(15-12-21)16-17-34-25-18-22(28)9-10-23(25)29/h2-8,13,18,21,26H,9-12,14-17H2,1H3,(H,31,33). The predicted octanol–water partition coefficient (Wildman–Crippen LogP) is 5.15. The number of benzene rings is 1. The monoisotopic (exact) mass is 467 g/mol. The van der Waals surface area contributed by atoms with E-state index in [2.05, 4.69) is 15.2 Å². The number of likely N-dealkylation sites (tertiary alicyclic amines) is 1. The van der Waals surface area contributed by atoms with Crippen LogP contribution in [0.3, 0.4) is 0 Å². The summed E-state index contributed by atoms with van der Waals surface area (Å²) in [5.74, 6) is -0.785. The van der Waals surface area contributed by atoms with E-state index >= 15 is 0 Å². The zero-order valence-electron chi connectivity index (χ0n) is 19.5. The number of ether oxygens (including phenoxy) is 1. The van der Waals surface area contributed by atoms with Crippen LogP contribution in [0, 0.1) is 12.8 Å². The molecule has 1 aromatic carbocycles. The zero-order valence-corrected chi connectivity index (χ0v) is 19.5. The van der Waals surface area contributed by atoms with Crippen LogP contribution in [0.2, 0.25) is 0 Å². The molecule has 1 aliphatic heterocycles. The third-order valence-corrected chi connectivity index (χ3v) is 6.44. The van der Waals surface area contributed by atoms with Crippen molar-refractivity contribution in [1.29, 1.82) is 0 Å². The Labute approximate surface area is 199 Å². The van der Waals surface area contributed by atoms with E-state index in [0.29, 0.717) is 13.2 Å². The Morgan fingerprint density at radius 2 is 1.91 bits per heavy atom. The van der Waals surface area contributed by atoms with Crippen LogP contribution in [0.5, 0.6) is 0 Å². The lowest BCUT2D eigenvalue weighted by atomic mass is 9.94. The van der Waals surface area contributed by atoms with Crippen LogP contribution in [0.25, 0.3) is 0 Å². The molecule has 2 heterocycles. The number of aryl methyl sites for hydroxylation is 1. The van der Waals surface area contributed by atoms with Crippen molar-refractivity contribution in [1.82, 2.24) is 15.2 Å². The highest BCUT2D eigenvalue weighted by atomic mass is 19.1. The molecule has 0 spiro atoms. The van der Waals surface area contributed by atoms with E-state index in [4.69, 9.17) is 4.74 Å². The summed E-state index contributed by atoms with van der Waals surface area (Å²) < 4.78 is 32.6. The van der Waals surface area contributed by atoms with Gasteiger partial charge in [0.25, 0.3) is 0 Å². The van der Waals surface area contributed by atoms with Gasteiger partial charge in [0.15, 0.2) is 5.76 Å². The maximum Gasteiger partial charge on any atom is 0.224 e. The number of hydrogen-bond acceptors (Lipinski definition) is 4. The summed E-state index contributed by atoms with van der Waals surface area (Å²) in [6.45, 7) is 4.45. The van der Waals surface area contributed by atoms with Crippen molar-refractivity contribution in [3.05, 3.63) is 89.0 Å². The summed E-state index contributed by atoms with van der Waals surface area (Å²) in [7, 11) is 0. The fourth-order valence-electron chi connectivity index (χ4n) is 4.36. The number of aromatic nitrogens is 1. The number of nitrogens with one attached hydrogen (secondary N) is 1. The fraction of sp³-hybridized carbons (Fsp3) is 0.407. The number of pyridine rings is 1. The SMILES string of the molecule is Cc1ccc(C(NC(=O)C2CCN(CCOC3=C(F)CCC(F)=C3)CC2)c2ccccn2)cc1. The van der Waals surface area contributed by atoms with E-state index in [0.717, 1.165) is 48.8 Å². The van der Waals surface area contributed by atoms with Gasteiger partial charge in [-0.05, 0) is 50.6 Å². The second kappa shape index (κ2) is 11.4. The first kappa shape index (κ1) is 24.1. The number of halogens is 2. The normalized spacial score (nSPS) is 18.4. The van der Waals surface area contributed by atoms with Crippen molar-refractivity contribution in [2.24, 2.45) is 5.92 Å². The minimum Gasteiger partial charge on any atom is -0.489 e. The van der Waals surface area contributed by atoms with Crippen LogP contribution < -0.4 is 5.32 Å². The molecule has 1 aromatic heterocycles. The van der Waals surface area contributed by atoms with Crippen molar-refractivity contribution in [3.8, 4) is 0 Å². The number of rotatable bonds is 8. The Balaban J connectivity index is 1.29. The molecule has 5 nitrogen and oxygen atoms in total. The van der Waals surface area contributed by atoms with Crippen LogP contribution in [0.1, 0.15) is 48.5 Å². The molecule has 0 saturated carbocycles. The smallest absolute Gasteiger partial charge is 0.224 e. The second-order valence-electron chi connectivity index (χ2n) is 8.93. The number of amides is 1. The van der Waals surface area contributed by atoms with Crippen LogP contribution in [0.15, 0.2) is 72.2 Å². The summed E-state index contributed by atoms with van der Waals surface area (Å²) in [6.07, 6.45) is 4.50. The molecule has 1 saturated heterocycles. The van der Waals surface area contributed by atoms with Crippen LogP contribution in [0.4, 0.5) is 8.78 Å². The largest absolute Gasteiger partial charge is 0.489 e. The summed E-state index contributed by atoms with van der Waals surface area (Å²) in [5.41, 5.74) is 2.97. The lowest BCUT2D eigenvalue weighted by Crippen LogP contribution is -2.42. The topological polar surface area (TPSA) is 54.5 Å². The second-order valence-corrected chi connectivity index (χ2v) is 8.93. The van der Waals surface area contributed by atoms with E-state index in [1.54, 1.807) is 6.20 Å². The van der Waals surface area contributed by atoms with E-state index in [1.165, 1.54) is 0 Å². The molecule has 1 fully saturated rings. The minimum atomic E-state index is -0.396. The first-order valence-electron chi connectivity index (χ1n) is 11.9. The van der Waals surface area contributed by atoms with E-state index in [-0.39, 0.29) is 42.3 Å². The first-order chi connectivity index (χ1) is 16.5. The predicted molar refractivity (Wildman–Crippen MR) is 127 cm³/mol. The number of piperidine rings is 1. The highest BCUT2D eigenvalue weighted by molar-refractivity contribution is 5.79. The maximum atomic E-state index is 13.8. The van der Waals surface area contributed by atoms with E-state index < -0.39 is 5.83 Å². The van der Waals surface area contributed by atoms with Crippen molar-refractivity contribution in [2.45, 2.75) is 38.6 Å². The Bertz CT molecular complexity index is 1030. The van der Waals surface area contributed by atoms with Gasteiger partial charge in [0.2, 0.25) is 5.91 Å². The van der Waals surface area contributed by atoms with Gasteiger partial charge in [-0.15, -0.1) is 0 Å². The summed E-state index contributed by atoms with van der Waals surface area (Å²) in [4.78, 5) is 19.8. The van der Waals surface area contributed by atoms with Crippen molar-refractivity contribution < 1.29 is 18.3 Å². The van der Waals surface area contributed by atoms with E-state index in [1.807, 2.05) is 49.4 Å². The highest BCUT2D eigenvalue weighted by Gasteiger charge is 2.28. The van der Waals surface area contributed by atoms with Crippen molar-refractivity contribution in [3.63, 3.8) is 0 Å². The number of carbonyl (C=O) groups is 1. The van der Waals surface area contributed by atoms with Gasteiger partial charge >= 0.3 is 0 Å². The van der Waals surface area contributed by atoms with Gasteiger partial charge in [-0.25, -0.2) is 8.78 Å². The molecule has 2 aliphatic rings. The molecule has 1 unspecified atom stereocenters. The zero-order chi connectivity index (χ0) is 23.9. The number of allylic oxidation sites excluding steroid dienone is 3. The molecule has 1 N–H and O–H groups in total. The van der Waals surface area contributed by atoms with Gasteiger partial charge in [-0.2, -0.15) is 0 Å². The lowest BCUT2D eigenvalue weighted by Gasteiger charge is -2.32. The number of hydrogen-bond donors (Lipinski definition) is 1. The van der Waals surface area contributed by atoms with Gasteiger partial charge in [-0.1, -0.05) is 35.9 Å². The molecule has 7 heteroatoms. The molecule has 34 heavy (non-hydrogen) atoms. The number of nitrogens with zero attached hydrogens (tertiary/aromatic N) is 2. The summed E-state index contributed by atoms with van der Waals surface area (Å²) in [5, 5.41) is 3.21. The molecule has 0 radical (unpaired) electrons. The highest BCUT2D eigenvalue weighted by Crippen LogP contribution is 2.27. The number of carbonyl (C=O) groups excluding carboxylic acids is 1. The lowest BCUT2D eigenvalue weighted by molar-refractivity contribution is -0.127. The van der Waals surface area contributed by atoms with Crippen LogP contribution >= 0.6 is 0 Å². The van der Waals surface area contributed by atoms with Gasteiger partial charge < -0.3 is 10.1 Å². The van der Waals surface area contributed by atoms with Crippen molar-refractivity contribution in [2.75, 3.05) is 26.2 Å². The summed E-state index contributed by atoms with van der Waals surface area (Å²) in [6, 6.07) is 13.6. The average molecular weight is 468 g/mol. The minimum absolute atomic E-state index is 0.00897. The maximum absolute atomic E-state index is 13.8. The molecule has 180 valence electrons. The molecule has 0 bridgehead atoms. The molecule has 2 aromatic rings. The van der Waals surface area contributed by atoms with Gasteiger partial charge in [0.1, 0.15) is 18.3 Å². The molecule has 1 amide bonds. The molecular formula is C27H31F2N3O2. The molecular weight excluding hydrogens is 436 g/mol.